The Kier molecular flexibility index (Phi) is 5.33. The zero-order valence-corrected chi connectivity index (χ0v) is 12.2. The lowest BCUT2D eigenvalue weighted by atomic mass is 10.0. The maximum Gasteiger partial charge on any atom is 0.0940 e. The van der Waals surface area contributed by atoms with Gasteiger partial charge in [-0.3, -0.25) is 0 Å². The van der Waals surface area contributed by atoms with E-state index >= 15 is 0 Å². The lowest BCUT2D eigenvalue weighted by molar-refractivity contribution is 0.136. The van der Waals surface area contributed by atoms with Gasteiger partial charge in [0, 0.05) is 6.04 Å². The summed E-state index contributed by atoms with van der Waals surface area (Å²) in [6, 6.07) is 18.5. The molecule has 0 bridgehead atoms. The van der Waals surface area contributed by atoms with E-state index in [9.17, 15) is 5.11 Å². The largest absolute Gasteiger partial charge is 0.387 e. The third-order valence-electron chi connectivity index (χ3n) is 3.62. The molecule has 0 saturated carbocycles. The third-order valence-corrected chi connectivity index (χ3v) is 3.62. The standard InChI is InChI=1S/C18H23NO/c1-14-8-10-17(11-9-14)18(20)15(2)19-13-12-16-6-4-3-5-7-16/h3-11,15,18-20H,12-13H2,1-2H3/t15-,18-/m0/s1. The minimum absolute atomic E-state index is 0.0430. The molecule has 0 amide bonds. The minimum Gasteiger partial charge on any atom is -0.387 e. The first-order valence-electron chi connectivity index (χ1n) is 7.19. The van der Waals surface area contributed by atoms with Gasteiger partial charge in [-0.2, -0.15) is 0 Å². The molecular formula is C18H23NO. The second-order valence-corrected chi connectivity index (χ2v) is 5.33. The Balaban J connectivity index is 1.82. The zero-order valence-electron chi connectivity index (χ0n) is 12.2. The molecule has 2 atom stereocenters. The molecule has 20 heavy (non-hydrogen) atoms. The Morgan fingerprint density at radius 2 is 1.65 bits per heavy atom. The van der Waals surface area contributed by atoms with Gasteiger partial charge in [-0.1, -0.05) is 60.2 Å². The van der Waals surface area contributed by atoms with Gasteiger partial charge in [0.1, 0.15) is 0 Å². The number of rotatable bonds is 6. The fraction of sp³-hybridized carbons (Fsp3) is 0.333. The van der Waals surface area contributed by atoms with Crippen molar-refractivity contribution in [3.8, 4) is 0 Å². The number of aliphatic hydroxyl groups is 1. The number of benzene rings is 2. The van der Waals surface area contributed by atoms with Gasteiger partial charge in [-0.15, -0.1) is 0 Å². The highest BCUT2D eigenvalue weighted by Gasteiger charge is 2.15. The Hall–Kier alpha value is -1.64. The van der Waals surface area contributed by atoms with Gasteiger partial charge in [-0.05, 0) is 37.9 Å². The van der Waals surface area contributed by atoms with Crippen LogP contribution in [0.2, 0.25) is 0 Å². The van der Waals surface area contributed by atoms with E-state index in [2.05, 4.69) is 36.5 Å². The van der Waals surface area contributed by atoms with Gasteiger partial charge in [-0.25, -0.2) is 0 Å². The third kappa shape index (κ3) is 4.19. The Morgan fingerprint density at radius 3 is 2.30 bits per heavy atom. The van der Waals surface area contributed by atoms with E-state index < -0.39 is 6.10 Å². The molecule has 2 aromatic carbocycles. The summed E-state index contributed by atoms with van der Waals surface area (Å²) in [7, 11) is 0. The summed E-state index contributed by atoms with van der Waals surface area (Å²) in [5.74, 6) is 0. The van der Waals surface area contributed by atoms with Crippen molar-refractivity contribution >= 4 is 0 Å². The summed E-state index contributed by atoms with van der Waals surface area (Å²) in [6.45, 7) is 4.95. The normalized spacial score (nSPS) is 13.9. The number of aryl methyl sites for hydroxylation is 1. The molecule has 2 heteroatoms. The van der Waals surface area contributed by atoms with Crippen molar-refractivity contribution in [3.05, 3.63) is 71.3 Å². The molecule has 2 N–H and O–H groups in total. The highest BCUT2D eigenvalue weighted by atomic mass is 16.3. The lowest BCUT2D eigenvalue weighted by Gasteiger charge is -2.21. The Bertz CT molecular complexity index is 507. The number of aliphatic hydroxyl groups excluding tert-OH is 1. The van der Waals surface area contributed by atoms with Gasteiger partial charge in [0.15, 0.2) is 0 Å². The second-order valence-electron chi connectivity index (χ2n) is 5.33. The second kappa shape index (κ2) is 7.22. The Labute approximate surface area is 121 Å². The van der Waals surface area contributed by atoms with Crippen molar-refractivity contribution in [3.63, 3.8) is 0 Å². The van der Waals surface area contributed by atoms with Crippen LogP contribution in [0.25, 0.3) is 0 Å². The topological polar surface area (TPSA) is 32.3 Å². The first-order valence-corrected chi connectivity index (χ1v) is 7.19. The van der Waals surface area contributed by atoms with Crippen molar-refractivity contribution in [1.29, 1.82) is 0 Å². The smallest absolute Gasteiger partial charge is 0.0940 e. The van der Waals surface area contributed by atoms with E-state index in [0.717, 1.165) is 18.5 Å². The SMILES string of the molecule is Cc1ccc([C@@H](O)[C@H](C)NCCc2ccccc2)cc1. The summed E-state index contributed by atoms with van der Waals surface area (Å²) in [6.07, 6.45) is 0.512. The quantitative estimate of drug-likeness (QED) is 0.843. The van der Waals surface area contributed by atoms with Crippen LogP contribution < -0.4 is 5.32 Å². The highest BCUT2D eigenvalue weighted by Crippen LogP contribution is 2.17. The molecule has 0 aromatic heterocycles. The maximum absolute atomic E-state index is 10.3. The summed E-state index contributed by atoms with van der Waals surface area (Å²) in [5, 5.41) is 13.7. The van der Waals surface area contributed by atoms with Gasteiger partial charge in [0.2, 0.25) is 0 Å². The molecular weight excluding hydrogens is 246 g/mol. The number of nitrogens with one attached hydrogen (secondary N) is 1. The number of hydrogen-bond donors (Lipinski definition) is 2. The molecule has 106 valence electrons. The van der Waals surface area contributed by atoms with Gasteiger partial charge in [0.25, 0.3) is 0 Å². The van der Waals surface area contributed by atoms with Crippen molar-refractivity contribution in [1.82, 2.24) is 5.32 Å². The molecule has 2 rings (SSSR count). The molecule has 0 spiro atoms. The summed E-state index contributed by atoms with van der Waals surface area (Å²) in [4.78, 5) is 0. The van der Waals surface area contributed by atoms with Crippen LogP contribution in [0.5, 0.6) is 0 Å². The minimum atomic E-state index is -0.466. The number of hydrogen-bond acceptors (Lipinski definition) is 2. The van der Waals surface area contributed by atoms with E-state index in [-0.39, 0.29) is 6.04 Å². The molecule has 0 unspecified atom stereocenters. The van der Waals surface area contributed by atoms with Crippen LogP contribution in [-0.4, -0.2) is 17.7 Å². The van der Waals surface area contributed by atoms with Gasteiger partial charge in [0.05, 0.1) is 6.10 Å². The molecule has 0 aliphatic carbocycles. The molecule has 2 aromatic rings. The predicted molar refractivity (Wildman–Crippen MR) is 83.7 cm³/mol. The van der Waals surface area contributed by atoms with E-state index in [1.54, 1.807) is 0 Å². The molecule has 2 nitrogen and oxygen atoms in total. The van der Waals surface area contributed by atoms with Crippen LogP contribution in [0.1, 0.15) is 29.7 Å². The molecule has 0 heterocycles. The summed E-state index contributed by atoms with van der Waals surface area (Å²) < 4.78 is 0. The van der Waals surface area contributed by atoms with E-state index in [1.165, 1.54) is 11.1 Å². The van der Waals surface area contributed by atoms with Crippen LogP contribution in [0, 0.1) is 6.92 Å². The fourth-order valence-electron chi connectivity index (χ4n) is 2.25. The lowest BCUT2D eigenvalue weighted by Crippen LogP contribution is -2.33. The van der Waals surface area contributed by atoms with E-state index in [0.29, 0.717) is 0 Å². The average Bonchev–Trinajstić information content (AvgIpc) is 2.48. The zero-order chi connectivity index (χ0) is 14.4. The molecule has 0 saturated heterocycles. The summed E-state index contributed by atoms with van der Waals surface area (Å²) >= 11 is 0. The molecule has 0 radical (unpaired) electrons. The van der Waals surface area contributed by atoms with Crippen molar-refractivity contribution in [2.45, 2.75) is 32.4 Å². The van der Waals surface area contributed by atoms with Crippen LogP contribution >= 0.6 is 0 Å². The van der Waals surface area contributed by atoms with Crippen LogP contribution in [-0.2, 0) is 6.42 Å². The monoisotopic (exact) mass is 269 g/mol. The Morgan fingerprint density at radius 1 is 1.00 bits per heavy atom. The van der Waals surface area contributed by atoms with Crippen LogP contribution in [0.3, 0.4) is 0 Å². The summed E-state index contributed by atoms with van der Waals surface area (Å²) in [5.41, 5.74) is 3.50. The van der Waals surface area contributed by atoms with Crippen LogP contribution in [0.15, 0.2) is 54.6 Å². The molecule has 0 aliphatic heterocycles. The predicted octanol–water partition coefficient (Wildman–Crippen LogP) is 3.25. The molecule has 0 fully saturated rings. The first-order chi connectivity index (χ1) is 9.66. The van der Waals surface area contributed by atoms with E-state index in [1.807, 2.05) is 37.3 Å². The highest BCUT2D eigenvalue weighted by molar-refractivity contribution is 5.24. The fourth-order valence-corrected chi connectivity index (χ4v) is 2.25. The van der Waals surface area contributed by atoms with Crippen molar-refractivity contribution < 1.29 is 5.11 Å². The van der Waals surface area contributed by atoms with Crippen LogP contribution in [0.4, 0.5) is 0 Å². The maximum atomic E-state index is 10.3. The van der Waals surface area contributed by atoms with Gasteiger partial charge < -0.3 is 10.4 Å². The molecule has 0 aliphatic rings. The average molecular weight is 269 g/mol. The first kappa shape index (κ1) is 14.8. The van der Waals surface area contributed by atoms with Gasteiger partial charge >= 0.3 is 0 Å². The van der Waals surface area contributed by atoms with Crippen molar-refractivity contribution in [2.24, 2.45) is 0 Å². The van der Waals surface area contributed by atoms with E-state index in [4.69, 9.17) is 0 Å². The van der Waals surface area contributed by atoms with Crippen molar-refractivity contribution in [2.75, 3.05) is 6.54 Å².